The van der Waals surface area contributed by atoms with E-state index in [9.17, 15) is 18.0 Å². The molecular weight excluding hydrogens is 487 g/mol. The Morgan fingerprint density at radius 1 is 1.22 bits per heavy atom. The number of carbonyl (C=O) groups excluding carboxylic acids is 1. The van der Waals surface area contributed by atoms with Crippen LogP contribution in [-0.4, -0.2) is 51.1 Å². The number of imidazole rings is 1. The van der Waals surface area contributed by atoms with Gasteiger partial charge in [0.25, 0.3) is 5.91 Å². The molecule has 2 aromatic heterocycles. The number of carbonyl (C=O) groups is 1. The Hall–Kier alpha value is -3.18. The monoisotopic (exact) mass is 517 g/mol. The number of nitrogens with one attached hydrogen (secondary N) is 1. The van der Waals surface area contributed by atoms with Crippen molar-refractivity contribution in [3.63, 3.8) is 0 Å². The Bertz CT molecular complexity index is 1350. The second kappa shape index (κ2) is 9.29. The average Bonchev–Trinajstić information content (AvgIpc) is 3.47. The van der Waals surface area contributed by atoms with Crippen LogP contribution in [0, 0.1) is 13.8 Å². The van der Waals surface area contributed by atoms with E-state index in [0.717, 1.165) is 23.1 Å². The number of hydrogen-bond acceptors (Lipinski definition) is 6. The molecule has 1 aromatic carbocycles. The first-order valence-electron chi connectivity index (χ1n) is 12.3. The molecule has 37 heavy (non-hydrogen) atoms. The standard InChI is InChI=1S/C26H30F3N5O3/c1-15-18(6-5-7-20(15)26(27,28)29)16(2)31-23-19-13-33(24(35)25(36-4)8-10-37-11-9-25)14-21(19)34-17(3)30-12-22(34)32-23/h5-7,12,16H,8-11,13-14H2,1-4H3,(H,31,32)/t16-/m1/s1. The lowest BCUT2D eigenvalue weighted by Crippen LogP contribution is -2.51. The molecule has 0 spiro atoms. The molecule has 1 N–H and O–H groups in total. The first-order chi connectivity index (χ1) is 17.6. The van der Waals surface area contributed by atoms with Gasteiger partial charge in [0.05, 0.1) is 36.6 Å². The molecule has 0 saturated carbocycles. The number of rotatable bonds is 5. The number of aryl methyl sites for hydroxylation is 1. The Labute approximate surface area is 212 Å². The van der Waals surface area contributed by atoms with Crippen LogP contribution in [0.2, 0.25) is 0 Å². The molecule has 1 amide bonds. The van der Waals surface area contributed by atoms with Crippen molar-refractivity contribution in [2.45, 2.75) is 64.5 Å². The van der Waals surface area contributed by atoms with Crippen molar-refractivity contribution < 1.29 is 27.4 Å². The first-order valence-corrected chi connectivity index (χ1v) is 12.3. The highest BCUT2D eigenvalue weighted by Gasteiger charge is 2.45. The van der Waals surface area contributed by atoms with Crippen molar-refractivity contribution >= 4 is 17.4 Å². The fourth-order valence-electron chi connectivity index (χ4n) is 5.53. The zero-order chi connectivity index (χ0) is 26.5. The minimum Gasteiger partial charge on any atom is -0.381 e. The summed E-state index contributed by atoms with van der Waals surface area (Å²) in [5, 5.41) is 3.33. The lowest BCUT2D eigenvalue weighted by Gasteiger charge is -2.37. The van der Waals surface area contributed by atoms with Crippen LogP contribution in [0.25, 0.3) is 5.65 Å². The molecule has 2 aliphatic heterocycles. The number of aromatic nitrogens is 3. The number of benzene rings is 1. The van der Waals surface area contributed by atoms with Crippen molar-refractivity contribution in [2.75, 3.05) is 25.6 Å². The number of halogens is 3. The summed E-state index contributed by atoms with van der Waals surface area (Å²) in [5.74, 6) is 1.17. The third-order valence-corrected chi connectivity index (χ3v) is 7.61. The van der Waals surface area contributed by atoms with E-state index < -0.39 is 23.4 Å². The lowest BCUT2D eigenvalue weighted by molar-refractivity contribution is -0.167. The van der Waals surface area contributed by atoms with Crippen LogP contribution >= 0.6 is 0 Å². The van der Waals surface area contributed by atoms with Crippen LogP contribution in [0.1, 0.15) is 59.6 Å². The van der Waals surface area contributed by atoms with E-state index in [1.165, 1.54) is 13.0 Å². The Balaban J connectivity index is 1.50. The summed E-state index contributed by atoms with van der Waals surface area (Å²) in [7, 11) is 1.55. The summed E-state index contributed by atoms with van der Waals surface area (Å²) in [6, 6.07) is 3.74. The zero-order valence-electron chi connectivity index (χ0n) is 21.3. The van der Waals surface area contributed by atoms with Crippen molar-refractivity contribution in [3.8, 4) is 0 Å². The predicted molar refractivity (Wildman–Crippen MR) is 130 cm³/mol. The van der Waals surface area contributed by atoms with E-state index in [0.29, 0.717) is 56.2 Å². The molecule has 8 nitrogen and oxygen atoms in total. The third kappa shape index (κ3) is 4.33. The summed E-state index contributed by atoms with van der Waals surface area (Å²) < 4.78 is 53.7. The first kappa shape index (κ1) is 25.5. The maximum atomic E-state index is 13.7. The number of amides is 1. The van der Waals surface area contributed by atoms with Crippen LogP contribution in [0.5, 0.6) is 0 Å². The molecule has 198 valence electrons. The topological polar surface area (TPSA) is 81.0 Å². The van der Waals surface area contributed by atoms with E-state index in [-0.39, 0.29) is 11.5 Å². The van der Waals surface area contributed by atoms with Gasteiger partial charge in [0.15, 0.2) is 11.2 Å². The Kier molecular flexibility index (Phi) is 6.39. The number of methoxy groups -OCH3 is 1. The summed E-state index contributed by atoms with van der Waals surface area (Å²) >= 11 is 0. The quantitative estimate of drug-likeness (QED) is 0.534. The van der Waals surface area contributed by atoms with Gasteiger partial charge in [-0.1, -0.05) is 12.1 Å². The largest absolute Gasteiger partial charge is 0.416 e. The predicted octanol–water partition coefficient (Wildman–Crippen LogP) is 4.58. The molecule has 4 heterocycles. The summed E-state index contributed by atoms with van der Waals surface area (Å²) in [6.45, 7) is 6.72. The summed E-state index contributed by atoms with van der Waals surface area (Å²) in [6.07, 6.45) is -1.83. The van der Waals surface area contributed by atoms with Gasteiger partial charge in [0.2, 0.25) is 0 Å². The van der Waals surface area contributed by atoms with Crippen LogP contribution in [0.3, 0.4) is 0 Å². The van der Waals surface area contributed by atoms with Gasteiger partial charge in [-0.2, -0.15) is 13.2 Å². The fraction of sp³-hybridized carbons (Fsp3) is 0.500. The maximum Gasteiger partial charge on any atom is 0.416 e. The highest BCUT2D eigenvalue weighted by atomic mass is 19.4. The molecule has 1 fully saturated rings. The van der Waals surface area contributed by atoms with Crippen LogP contribution < -0.4 is 5.32 Å². The van der Waals surface area contributed by atoms with Gasteiger partial charge in [-0.15, -0.1) is 0 Å². The number of anilines is 1. The highest BCUT2D eigenvalue weighted by molar-refractivity contribution is 5.86. The second-order valence-corrected chi connectivity index (χ2v) is 9.74. The van der Waals surface area contributed by atoms with Gasteiger partial charge in [0, 0.05) is 38.7 Å². The molecule has 5 rings (SSSR count). The Morgan fingerprint density at radius 3 is 2.62 bits per heavy atom. The van der Waals surface area contributed by atoms with E-state index in [2.05, 4.69) is 10.3 Å². The van der Waals surface area contributed by atoms with Crippen molar-refractivity contribution in [2.24, 2.45) is 0 Å². The highest BCUT2D eigenvalue weighted by Crippen LogP contribution is 2.38. The zero-order valence-corrected chi connectivity index (χ0v) is 21.3. The van der Waals surface area contributed by atoms with Gasteiger partial charge in [0.1, 0.15) is 11.6 Å². The van der Waals surface area contributed by atoms with Gasteiger partial charge >= 0.3 is 6.18 Å². The molecule has 0 aliphatic carbocycles. The number of alkyl halides is 3. The number of fused-ring (bicyclic) bond motifs is 3. The van der Waals surface area contributed by atoms with E-state index in [1.807, 2.05) is 18.2 Å². The third-order valence-electron chi connectivity index (χ3n) is 7.61. The summed E-state index contributed by atoms with van der Waals surface area (Å²) in [4.78, 5) is 24.6. The molecule has 0 radical (unpaired) electrons. The van der Waals surface area contributed by atoms with Crippen LogP contribution in [-0.2, 0) is 33.5 Å². The van der Waals surface area contributed by atoms with Gasteiger partial charge in [-0.05, 0) is 38.0 Å². The fourth-order valence-corrected chi connectivity index (χ4v) is 5.53. The van der Waals surface area contributed by atoms with E-state index in [1.54, 1.807) is 24.3 Å². The SMILES string of the molecule is COC1(C(=O)N2Cc3c(N[C@H](C)c4cccc(C(F)(F)F)c4C)nc4cnc(C)n4c3C2)CCOCC1. The second-order valence-electron chi connectivity index (χ2n) is 9.74. The summed E-state index contributed by atoms with van der Waals surface area (Å²) in [5.41, 5.74) is 1.41. The van der Waals surface area contributed by atoms with Gasteiger partial charge in [-0.3, -0.25) is 9.20 Å². The molecule has 11 heteroatoms. The average molecular weight is 518 g/mol. The van der Waals surface area contributed by atoms with E-state index >= 15 is 0 Å². The van der Waals surface area contributed by atoms with Crippen LogP contribution in [0.4, 0.5) is 19.0 Å². The van der Waals surface area contributed by atoms with Gasteiger partial charge < -0.3 is 19.7 Å². The molecule has 0 bridgehead atoms. The molecule has 3 aromatic rings. The minimum absolute atomic E-state index is 0.104. The smallest absolute Gasteiger partial charge is 0.381 e. The molecule has 0 unspecified atom stereocenters. The van der Waals surface area contributed by atoms with E-state index in [4.69, 9.17) is 14.5 Å². The molecule has 1 atom stereocenters. The number of ether oxygens (including phenoxy) is 2. The maximum absolute atomic E-state index is 13.7. The number of hydrogen-bond donors (Lipinski definition) is 1. The van der Waals surface area contributed by atoms with Crippen molar-refractivity contribution in [1.82, 2.24) is 19.3 Å². The molecule has 2 aliphatic rings. The normalized spacial score (nSPS) is 18.2. The lowest BCUT2D eigenvalue weighted by atomic mass is 9.92. The van der Waals surface area contributed by atoms with Crippen molar-refractivity contribution in [3.05, 3.63) is 58.2 Å². The van der Waals surface area contributed by atoms with Crippen molar-refractivity contribution in [1.29, 1.82) is 0 Å². The minimum atomic E-state index is -4.43. The number of nitrogens with zero attached hydrogens (tertiary/aromatic N) is 4. The molecule has 1 saturated heterocycles. The van der Waals surface area contributed by atoms with Gasteiger partial charge in [-0.25, -0.2) is 9.97 Å². The van der Waals surface area contributed by atoms with Crippen LogP contribution in [0.15, 0.2) is 24.4 Å². The Morgan fingerprint density at radius 2 is 1.95 bits per heavy atom. The molecular formula is C26H30F3N5O3.